The van der Waals surface area contributed by atoms with Gasteiger partial charge in [0.05, 0.1) is 0 Å². The van der Waals surface area contributed by atoms with Gasteiger partial charge >= 0.3 is 0 Å². The Hall–Kier alpha value is -2.85. The van der Waals surface area contributed by atoms with Crippen LogP contribution >= 0.6 is 11.8 Å². The fraction of sp³-hybridized carbons (Fsp3) is 0.0870. The van der Waals surface area contributed by atoms with Gasteiger partial charge in [0.15, 0.2) is 11.6 Å². The number of benzene rings is 3. The molecule has 0 radical (unpaired) electrons. The highest BCUT2D eigenvalue weighted by atomic mass is 32.2. The van der Waals surface area contributed by atoms with Crippen molar-refractivity contribution in [3.63, 3.8) is 0 Å². The molecule has 0 fully saturated rings. The van der Waals surface area contributed by atoms with Gasteiger partial charge in [0.1, 0.15) is 12.1 Å². The van der Waals surface area contributed by atoms with Crippen molar-refractivity contribution in [2.45, 2.75) is 23.3 Å². The summed E-state index contributed by atoms with van der Waals surface area (Å²) in [5, 5.41) is 0.882. The number of rotatable bonds is 5. The van der Waals surface area contributed by atoms with Crippen LogP contribution in [0.25, 0.3) is 10.9 Å². The third kappa shape index (κ3) is 3.96. The Morgan fingerprint density at radius 2 is 1.74 bits per heavy atom. The molecule has 4 aromatic rings. The zero-order chi connectivity index (χ0) is 18.6. The first-order valence-corrected chi connectivity index (χ1v) is 9.51. The van der Waals surface area contributed by atoms with Crippen molar-refractivity contribution in [3.05, 3.63) is 95.9 Å². The average molecular weight is 375 g/mol. The van der Waals surface area contributed by atoms with Gasteiger partial charge < -0.3 is 4.74 Å². The number of nitrogens with zero attached hydrogens (tertiary/aromatic N) is 1. The lowest BCUT2D eigenvalue weighted by Crippen LogP contribution is -1.99. The van der Waals surface area contributed by atoms with Crippen molar-refractivity contribution < 1.29 is 9.13 Å². The summed E-state index contributed by atoms with van der Waals surface area (Å²) in [6.45, 7) is 2.35. The molecule has 0 bridgehead atoms. The highest BCUT2D eigenvalue weighted by molar-refractivity contribution is 7.99. The number of aromatic nitrogens is 1. The maximum Gasteiger partial charge on any atom is 0.181 e. The second-order valence-electron chi connectivity index (χ2n) is 6.27. The molecule has 0 aliphatic carbocycles. The molecule has 1 heterocycles. The molecular formula is C23H18FNOS. The number of ether oxygens (including phenoxy) is 1. The molecule has 4 heteroatoms. The van der Waals surface area contributed by atoms with E-state index in [4.69, 9.17) is 4.74 Å². The molecule has 0 N–H and O–H groups in total. The van der Waals surface area contributed by atoms with Gasteiger partial charge in [-0.1, -0.05) is 59.8 Å². The Labute approximate surface area is 162 Å². The van der Waals surface area contributed by atoms with Gasteiger partial charge in [0.25, 0.3) is 0 Å². The summed E-state index contributed by atoms with van der Waals surface area (Å²) in [6, 6.07) is 23.3. The largest absolute Gasteiger partial charge is 0.484 e. The number of hydrogen-bond donors (Lipinski definition) is 0. The highest BCUT2D eigenvalue weighted by Crippen LogP contribution is 2.38. The monoisotopic (exact) mass is 375 g/mol. The third-order valence-corrected chi connectivity index (χ3v) is 5.30. The number of pyridine rings is 1. The maximum atomic E-state index is 14.9. The predicted octanol–water partition coefficient (Wildman–Crippen LogP) is 6.41. The van der Waals surface area contributed by atoms with E-state index in [1.807, 2.05) is 61.5 Å². The van der Waals surface area contributed by atoms with Gasteiger partial charge in [-0.2, -0.15) is 0 Å². The zero-order valence-electron chi connectivity index (χ0n) is 14.9. The first kappa shape index (κ1) is 17.6. The Bertz CT molecular complexity index is 1060. The summed E-state index contributed by atoms with van der Waals surface area (Å²) in [5.41, 5.74) is 2.73. The minimum atomic E-state index is -0.397. The molecule has 3 aromatic carbocycles. The molecule has 0 atom stereocenters. The van der Waals surface area contributed by atoms with Crippen LogP contribution in [-0.2, 0) is 6.61 Å². The van der Waals surface area contributed by atoms with Gasteiger partial charge in [-0.3, -0.25) is 4.98 Å². The van der Waals surface area contributed by atoms with E-state index in [1.165, 1.54) is 23.4 Å². The van der Waals surface area contributed by atoms with Crippen LogP contribution in [-0.4, -0.2) is 4.98 Å². The van der Waals surface area contributed by atoms with Gasteiger partial charge in [0.2, 0.25) is 0 Å². The lowest BCUT2D eigenvalue weighted by molar-refractivity contribution is 0.293. The Balaban J connectivity index is 1.69. The van der Waals surface area contributed by atoms with Crippen molar-refractivity contribution in [1.29, 1.82) is 0 Å². The molecule has 1 aromatic heterocycles. The Kier molecular flexibility index (Phi) is 5.07. The zero-order valence-corrected chi connectivity index (χ0v) is 15.7. The van der Waals surface area contributed by atoms with Crippen LogP contribution in [0.4, 0.5) is 4.39 Å². The van der Waals surface area contributed by atoms with E-state index in [9.17, 15) is 4.39 Å². The molecule has 27 heavy (non-hydrogen) atoms. The van der Waals surface area contributed by atoms with Gasteiger partial charge in [-0.25, -0.2) is 4.39 Å². The van der Waals surface area contributed by atoms with Crippen LogP contribution in [0.1, 0.15) is 11.1 Å². The normalized spacial score (nSPS) is 10.9. The minimum Gasteiger partial charge on any atom is -0.484 e. The number of aryl methyl sites for hydroxylation is 1. The highest BCUT2D eigenvalue weighted by Gasteiger charge is 2.15. The smallest absolute Gasteiger partial charge is 0.181 e. The number of fused-ring (bicyclic) bond motifs is 1. The topological polar surface area (TPSA) is 22.1 Å². The van der Waals surface area contributed by atoms with Crippen molar-refractivity contribution in [3.8, 4) is 5.75 Å². The summed E-state index contributed by atoms with van der Waals surface area (Å²) >= 11 is 1.53. The summed E-state index contributed by atoms with van der Waals surface area (Å²) in [6.07, 6.45) is 1.66. The summed E-state index contributed by atoms with van der Waals surface area (Å²) in [7, 11) is 0. The molecule has 0 saturated carbocycles. The van der Waals surface area contributed by atoms with Crippen LogP contribution in [0.3, 0.4) is 0 Å². The number of hydrogen-bond acceptors (Lipinski definition) is 3. The lowest BCUT2D eigenvalue weighted by Gasteiger charge is -2.13. The number of halogens is 1. The molecule has 0 unspecified atom stereocenters. The van der Waals surface area contributed by atoms with Crippen molar-refractivity contribution in [2.75, 3.05) is 0 Å². The summed E-state index contributed by atoms with van der Waals surface area (Å²) < 4.78 is 20.7. The molecular weight excluding hydrogens is 357 g/mol. The molecule has 0 saturated heterocycles. The van der Waals surface area contributed by atoms with E-state index in [2.05, 4.69) is 17.1 Å². The van der Waals surface area contributed by atoms with Crippen LogP contribution < -0.4 is 4.74 Å². The summed E-state index contributed by atoms with van der Waals surface area (Å²) in [4.78, 5) is 6.28. The predicted molar refractivity (Wildman–Crippen MR) is 108 cm³/mol. The first-order chi connectivity index (χ1) is 13.2. The average Bonchev–Trinajstić information content (AvgIpc) is 2.70. The van der Waals surface area contributed by atoms with Crippen LogP contribution in [0.5, 0.6) is 5.75 Å². The lowest BCUT2D eigenvalue weighted by atomic mass is 10.2. The van der Waals surface area contributed by atoms with E-state index in [-0.39, 0.29) is 5.75 Å². The molecule has 2 nitrogen and oxygen atoms in total. The van der Waals surface area contributed by atoms with Crippen molar-refractivity contribution >= 4 is 22.7 Å². The summed E-state index contributed by atoms with van der Waals surface area (Å²) in [5.74, 6) is -0.200. The van der Waals surface area contributed by atoms with Crippen molar-refractivity contribution in [1.82, 2.24) is 4.98 Å². The molecule has 0 spiro atoms. The first-order valence-electron chi connectivity index (χ1n) is 8.69. The van der Waals surface area contributed by atoms with E-state index in [0.29, 0.717) is 12.1 Å². The van der Waals surface area contributed by atoms with E-state index in [0.717, 1.165) is 20.7 Å². The second-order valence-corrected chi connectivity index (χ2v) is 7.39. The quantitative estimate of drug-likeness (QED) is 0.402. The molecule has 0 aliphatic heterocycles. The standard InChI is InChI=1S/C23H18FNOS/c1-16-9-11-18(12-10-16)27-21-14-20(24)23(22-19(21)8-5-13-25-22)26-15-17-6-3-2-4-7-17/h2-14H,15H2,1H3. The van der Waals surface area contributed by atoms with Crippen LogP contribution in [0.15, 0.2) is 88.8 Å². The molecule has 0 aliphatic rings. The van der Waals surface area contributed by atoms with Crippen LogP contribution in [0, 0.1) is 12.7 Å². The fourth-order valence-corrected chi connectivity index (χ4v) is 3.80. The fourth-order valence-electron chi connectivity index (χ4n) is 2.84. The SMILES string of the molecule is Cc1ccc(Sc2cc(F)c(OCc3ccccc3)c3ncccc23)cc1. The Morgan fingerprint density at radius 3 is 2.52 bits per heavy atom. The van der Waals surface area contributed by atoms with Gasteiger partial charge in [0, 0.05) is 21.4 Å². The maximum absolute atomic E-state index is 14.9. The van der Waals surface area contributed by atoms with Crippen molar-refractivity contribution in [2.24, 2.45) is 0 Å². The second kappa shape index (κ2) is 7.80. The van der Waals surface area contributed by atoms with Crippen LogP contribution in [0.2, 0.25) is 0 Å². The van der Waals surface area contributed by atoms with Gasteiger partial charge in [-0.15, -0.1) is 0 Å². The van der Waals surface area contributed by atoms with Gasteiger partial charge in [-0.05, 0) is 42.8 Å². The molecule has 134 valence electrons. The van der Waals surface area contributed by atoms with E-state index in [1.54, 1.807) is 6.20 Å². The molecule has 0 amide bonds. The minimum absolute atomic E-state index is 0.197. The molecule has 4 rings (SSSR count). The third-order valence-electron chi connectivity index (χ3n) is 4.24. The van der Waals surface area contributed by atoms with E-state index >= 15 is 0 Å². The Morgan fingerprint density at radius 1 is 0.963 bits per heavy atom. The van der Waals surface area contributed by atoms with E-state index < -0.39 is 5.82 Å².